The van der Waals surface area contributed by atoms with Crippen LogP contribution in [0.2, 0.25) is 0 Å². The lowest BCUT2D eigenvalue weighted by Gasteiger charge is -2.41. The molecule has 2 heterocycles. The third kappa shape index (κ3) is 3.04. The minimum absolute atomic E-state index is 0.186. The van der Waals surface area contributed by atoms with Crippen LogP contribution in [0.15, 0.2) is 71.8 Å². The van der Waals surface area contributed by atoms with Crippen LogP contribution < -0.4 is 4.90 Å². The molecule has 4 heteroatoms. The van der Waals surface area contributed by atoms with Gasteiger partial charge in [-0.1, -0.05) is 38.1 Å². The molecule has 0 radical (unpaired) electrons. The van der Waals surface area contributed by atoms with Gasteiger partial charge in [-0.15, -0.1) is 0 Å². The van der Waals surface area contributed by atoms with Crippen molar-refractivity contribution in [3.8, 4) is 0 Å². The highest BCUT2D eigenvalue weighted by Crippen LogP contribution is 2.51. The van der Waals surface area contributed by atoms with Gasteiger partial charge in [-0.25, -0.2) is 9.37 Å². The fraction of sp³-hybridized carbons (Fsp3) is 0.310. The van der Waals surface area contributed by atoms with E-state index < -0.39 is 5.97 Å². The van der Waals surface area contributed by atoms with Crippen LogP contribution in [0.1, 0.15) is 53.7 Å². The van der Waals surface area contributed by atoms with E-state index in [0.29, 0.717) is 5.56 Å². The average Bonchev–Trinajstić information content (AvgIpc) is 2.72. The number of carboxylic acids is 1. The molecule has 33 heavy (non-hydrogen) atoms. The van der Waals surface area contributed by atoms with E-state index in [1.807, 2.05) is 18.2 Å². The molecule has 4 nitrogen and oxygen atoms in total. The van der Waals surface area contributed by atoms with Gasteiger partial charge >= 0.3 is 5.97 Å². The summed E-state index contributed by atoms with van der Waals surface area (Å²) in [6, 6.07) is 14.2. The summed E-state index contributed by atoms with van der Waals surface area (Å²) in [5.74, 6) is -0.888. The van der Waals surface area contributed by atoms with Crippen molar-refractivity contribution in [3.05, 3.63) is 94.1 Å². The average molecular weight is 438 g/mol. The van der Waals surface area contributed by atoms with Gasteiger partial charge in [0.2, 0.25) is 0 Å². The van der Waals surface area contributed by atoms with E-state index >= 15 is 0 Å². The summed E-state index contributed by atoms with van der Waals surface area (Å²) < 4.78 is 2.42. The Balaban J connectivity index is 1.64. The third-order valence-electron chi connectivity index (χ3n) is 7.76. The van der Waals surface area contributed by atoms with E-state index in [9.17, 15) is 9.90 Å². The van der Waals surface area contributed by atoms with E-state index in [1.54, 1.807) is 6.07 Å². The predicted octanol–water partition coefficient (Wildman–Crippen LogP) is 5.04. The number of hydrogen-bond acceptors (Lipinski definition) is 2. The molecule has 6 rings (SSSR count). The molecule has 0 atom stereocenters. The van der Waals surface area contributed by atoms with Crippen LogP contribution in [0, 0.1) is 0 Å². The number of nitrogens with zero attached hydrogens (tertiary/aromatic N) is 2. The summed E-state index contributed by atoms with van der Waals surface area (Å²) in [4.78, 5) is 14.6. The summed E-state index contributed by atoms with van der Waals surface area (Å²) in [7, 11) is 0. The Morgan fingerprint density at radius 1 is 1.00 bits per heavy atom. The van der Waals surface area contributed by atoms with Gasteiger partial charge in [0.05, 0.1) is 12.0 Å². The third-order valence-corrected chi connectivity index (χ3v) is 7.76. The van der Waals surface area contributed by atoms with E-state index in [1.165, 1.54) is 35.4 Å². The maximum absolute atomic E-state index is 12.2. The molecule has 2 aromatic carbocycles. The number of benzene rings is 2. The molecule has 2 saturated heterocycles. The predicted molar refractivity (Wildman–Crippen MR) is 133 cm³/mol. The van der Waals surface area contributed by atoms with Gasteiger partial charge in [0.25, 0.3) is 0 Å². The molecule has 0 aromatic heterocycles. The zero-order valence-corrected chi connectivity index (χ0v) is 19.3. The van der Waals surface area contributed by atoms with E-state index in [4.69, 9.17) is 0 Å². The quantitative estimate of drug-likeness (QED) is 0.684. The van der Waals surface area contributed by atoms with Gasteiger partial charge in [-0.05, 0) is 64.1 Å². The van der Waals surface area contributed by atoms with Crippen LogP contribution >= 0.6 is 0 Å². The SMILES string of the molecule is CC1(C)C2=CC(=[N+]3CCC3)C=CC2=C(c2ccccc2C(=O)O)c2ccc(N3CCC3)cc21. The van der Waals surface area contributed by atoms with Crippen molar-refractivity contribution in [1.29, 1.82) is 0 Å². The second kappa shape index (κ2) is 7.31. The normalized spacial score (nSPS) is 20.5. The topological polar surface area (TPSA) is 43.6 Å². The van der Waals surface area contributed by atoms with Crippen molar-refractivity contribution in [1.82, 2.24) is 0 Å². The number of aromatic carboxylic acids is 1. The smallest absolute Gasteiger partial charge is 0.336 e. The molecule has 0 unspecified atom stereocenters. The summed E-state index contributed by atoms with van der Waals surface area (Å²) in [5, 5.41) is 9.98. The molecular formula is C29H29N2O2+. The Labute approximate surface area is 194 Å². The van der Waals surface area contributed by atoms with Crippen LogP contribution in [0.4, 0.5) is 5.69 Å². The van der Waals surface area contributed by atoms with Gasteiger partial charge in [0.15, 0.2) is 5.71 Å². The van der Waals surface area contributed by atoms with Gasteiger partial charge in [0, 0.05) is 36.3 Å². The van der Waals surface area contributed by atoms with Crippen LogP contribution in [-0.2, 0) is 5.41 Å². The van der Waals surface area contributed by atoms with Crippen LogP contribution in [0.3, 0.4) is 0 Å². The molecule has 2 aromatic rings. The van der Waals surface area contributed by atoms with Crippen molar-refractivity contribution in [2.24, 2.45) is 0 Å². The van der Waals surface area contributed by atoms with Gasteiger partial charge in [0.1, 0.15) is 13.1 Å². The Bertz CT molecular complexity index is 1310. The second-order valence-corrected chi connectivity index (χ2v) is 9.99. The summed E-state index contributed by atoms with van der Waals surface area (Å²) in [6.45, 7) is 9.04. The molecule has 0 bridgehead atoms. The minimum Gasteiger partial charge on any atom is -0.478 e. The number of hydrogen-bond donors (Lipinski definition) is 1. The number of allylic oxidation sites excluding steroid dienone is 5. The van der Waals surface area contributed by atoms with Crippen molar-refractivity contribution < 1.29 is 14.5 Å². The van der Waals surface area contributed by atoms with Crippen LogP contribution in [0.25, 0.3) is 5.57 Å². The molecule has 4 aliphatic rings. The number of fused-ring (bicyclic) bond motifs is 2. The van der Waals surface area contributed by atoms with Crippen molar-refractivity contribution in [3.63, 3.8) is 0 Å². The second-order valence-electron chi connectivity index (χ2n) is 9.99. The lowest BCUT2D eigenvalue weighted by Crippen LogP contribution is -2.38. The summed E-state index contributed by atoms with van der Waals surface area (Å²) >= 11 is 0. The van der Waals surface area contributed by atoms with Crippen LogP contribution in [-0.4, -0.2) is 47.5 Å². The highest BCUT2D eigenvalue weighted by atomic mass is 16.4. The van der Waals surface area contributed by atoms with Crippen molar-refractivity contribution in [2.45, 2.75) is 32.1 Å². The zero-order chi connectivity index (χ0) is 22.7. The van der Waals surface area contributed by atoms with Crippen LogP contribution in [0.5, 0.6) is 0 Å². The number of rotatable bonds is 3. The first kappa shape index (κ1) is 20.2. The molecule has 166 valence electrons. The van der Waals surface area contributed by atoms with Gasteiger partial charge in [-0.3, -0.25) is 0 Å². The minimum atomic E-state index is -0.888. The van der Waals surface area contributed by atoms with Crippen molar-refractivity contribution in [2.75, 3.05) is 31.1 Å². The van der Waals surface area contributed by atoms with E-state index in [0.717, 1.165) is 48.5 Å². The van der Waals surface area contributed by atoms with Crippen molar-refractivity contribution >= 4 is 22.9 Å². The maximum atomic E-state index is 12.2. The Kier molecular flexibility index (Phi) is 4.48. The van der Waals surface area contributed by atoms with Gasteiger partial charge < -0.3 is 10.0 Å². The first-order chi connectivity index (χ1) is 15.9. The lowest BCUT2D eigenvalue weighted by atomic mass is 9.64. The number of carbonyl (C=O) groups is 1. The standard InChI is InChI=1S/C29H28N2O2/c1-29(2)25-17-19(30-13-5-14-30)9-11-23(25)27(21-7-3-4-8-22(21)28(32)33)24-12-10-20(18-26(24)29)31-15-6-16-31/h3-4,7-12,17-18H,5-6,13-16H2,1-2H3/p+1. The molecule has 2 aliphatic heterocycles. The van der Waals surface area contributed by atoms with E-state index in [2.05, 4.69) is 59.8 Å². The largest absolute Gasteiger partial charge is 0.478 e. The summed E-state index contributed by atoms with van der Waals surface area (Å²) in [6.07, 6.45) is 9.25. The number of carboxylic acid groups (broad SMARTS) is 1. The molecule has 0 spiro atoms. The molecule has 1 N–H and O–H groups in total. The fourth-order valence-corrected chi connectivity index (χ4v) is 5.54. The lowest BCUT2D eigenvalue weighted by molar-refractivity contribution is -0.582. The first-order valence-electron chi connectivity index (χ1n) is 11.9. The molecule has 2 aliphatic carbocycles. The monoisotopic (exact) mass is 437 g/mol. The first-order valence-corrected chi connectivity index (χ1v) is 11.9. The Hall–Kier alpha value is -3.40. The summed E-state index contributed by atoms with van der Waals surface area (Å²) in [5.41, 5.74) is 9.34. The number of anilines is 1. The molecule has 0 saturated carbocycles. The highest BCUT2D eigenvalue weighted by molar-refractivity contribution is 6.08. The highest BCUT2D eigenvalue weighted by Gasteiger charge is 2.40. The van der Waals surface area contributed by atoms with Gasteiger partial charge in [-0.2, -0.15) is 0 Å². The Morgan fingerprint density at radius 2 is 1.79 bits per heavy atom. The molecular weight excluding hydrogens is 408 g/mol. The molecule has 2 fully saturated rings. The van der Waals surface area contributed by atoms with E-state index in [-0.39, 0.29) is 5.41 Å². The molecule has 0 amide bonds. The Morgan fingerprint density at radius 3 is 2.45 bits per heavy atom. The maximum Gasteiger partial charge on any atom is 0.336 e. The fourth-order valence-electron chi connectivity index (χ4n) is 5.54. The zero-order valence-electron chi connectivity index (χ0n) is 19.3.